The molecule has 2 aromatic carbocycles. The van der Waals surface area contributed by atoms with Crippen LogP contribution < -0.4 is 15.3 Å². The molecule has 0 radical (unpaired) electrons. The lowest BCUT2D eigenvalue weighted by atomic mass is 10.3. The van der Waals surface area contributed by atoms with Crippen molar-refractivity contribution in [3.8, 4) is 0 Å². The Morgan fingerprint density at radius 2 is 1.66 bits per heavy atom. The van der Waals surface area contributed by atoms with Crippen LogP contribution in [0.1, 0.15) is 13.8 Å². The standard InChI is InChI=1S/C20H24N4O4S/c1-14(2)21-19(25)13-24(15-8-6-5-7-9-15)29(27,28)16-10-11-17-18(12-16)23(4)20(26)22(17)3/h5-12,14H,13H2,1-4H3,(H,21,25). The van der Waals surface area contributed by atoms with E-state index in [9.17, 15) is 18.0 Å². The SMILES string of the molecule is CC(C)NC(=O)CN(c1ccccc1)S(=O)(=O)c1ccc2c(c1)n(C)c(=O)n2C. The molecule has 8 nitrogen and oxygen atoms in total. The second kappa shape index (κ2) is 7.75. The van der Waals surface area contributed by atoms with Gasteiger partial charge in [-0.25, -0.2) is 13.2 Å². The summed E-state index contributed by atoms with van der Waals surface area (Å²) in [6.07, 6.45) is 0. The van der Waals surface area contributed by atoms with Crippen LogP contribution in [0.15, 0.2) is 58.2 Å². The Morgan fingerprint density at radius 3 is 2.28 bits per heavy atom. The van der Waals surface area contributed by atoms with Gasteiger partial charge in [-0.3, -0.25) is 18.2 Å². The zero-order chi connectivity index (χ0) is 21.3. The number of carbonyl (C=O) groups is 1. The molecule has 0 spiro atoms. The number of fused-ring (bicyclic) bond motifs is 1. The monoisotopic (exact) mass is 416 g/mol. The zero-order valence-corrected chi connectivity index (χ0v) is 17.6. The quantitative estimate of drug-likeness (QED) is 0.660. The van der Waals surface area contributed by atoms with Crippen LogP contribution in [0.2, 0.25) is 0 Å². The minimum atomic E-state index is -4.05. The van der Waals surface area contributed by atoms with Gasteiger partial charge < -0.3 is 5.32 Å². The highest BCUT2D eigenvalue weighted by Crippen LogP contribution is 2.25. The highest BCUT2D eigenvalue weighted by Gasteiger charge is 2.28. The van der Waals surface area contributed by atoms with Crippen molar-refractivity contribution in [2.75, 3.05) is 10.8 Å². The smallest absolute Gasteiger partial charge is 0.328 e. The van der Waals surface area contributed by atoms with E-state index in [1.165, 1.54) is 21.3 Å². The van der Waals surface area contributed by atoms with Crippen molar-refractivity contribution in [3.63, 3.8) is 0 Å². The number of hydrogen-bond acceptors (Lipinski definition) is 4. The van der Waals surface area contributed by atoms with E-state index in [1.54, 1.807) is 50.5 Å². The number of imidazole rings is 1. The van der Waals surface area contributed by atoms with Gasteiger partial charge in [-0.1, -0.05) is 18.2 Å². The first-order valence-electron chi connectivity index (χ1n) is 9.15. The molecule has 0 bridgehead atoms. The number of carbonyl (C=O) groups excluding carboxylic acids is 1. The molecule has 0 aliphatic heterocycles. The van der Waals surface area contributed by atoms with Gasteiger partial charge in [0.15, 0.2) is 0 Å². The van der Waals surface area contributed by atoms with E-state index in [2.05, 4.69) is 5.32 Å². The van der Waals surface area contributed by atoms with E-state index in [0.717, 1.165) is 4.31 Å². The number of sulfonamides is 1. The minimum Gasteiger partial charge on any atom is -0.352 e. The molecule has 0 saturated heterocycles. The molecule has 3 rings (SSSR count). The maximum absolute atomic E-state index is 13.5. The Balaban J connectivity index is 2.11. The fourth-order valence-electron chi connectivity index (χ4n) is 3.18. The highest BCUT2D eigenvalue weighted by molar-refractivity contribution is 7.92. The van der Waals surface area contributed by atoms with Crippen molar-refractivity contribution >= 4 is 32.7 Å². The van der Waals surface area contributed by atoms with Crippen LogP contribution in [0.5, 0.6) is 0 Å². The Kier molecular flexibility index (Phi) is 5.52. The maximum Gasteiger partial charge on any atom is 0.328 e. The third kappa shape index (κ3) is 3.91. The van der Waals surface area contributed by atoms with E-state index in [0.29, 0.717) is 16.7 Å². The topological polar surface area (TPSA) is 93.4 Å². The molecule has 1 amide bonds. The lowest BCUT2D eigenvalue weighted by molar-refractivity contribution is -0.120. The van der Waals surface area contributed by atoms with Gasteiger partial charge in [0, 0.05) is 20.1 Å². The molecule has 0 aliphatic carbocycles. The van der Waals surface area contributed by atoms with Crippen LogP contribution in [-0.4, -0.2) is 36.0 Å². The second-order valence-corrected chi connectivity index (χ2v) is 8.98. The van der Waals surface area contributed by atoms with Gasteiger partial charge in [-0.2, -0.15) is 0 Å². The molecule has 9 heteroatoms. The van der Waals surface area contributed by atoms with Crippen molar-refractivity contribution < 1.29 is 13.2 Å². The molecule has 0 aliphatic rings. The minimum absolute atomic E-state index is 0.00685. The molecule has 29 heavy (non-hydrogen) atoms. The van der Waals surface area contributed by atoms with Crippen molar-refractivity contribution in [2.45, 2.75) is 24.8 Å². The van der Waals surface area contributed by atoms with E-state index < -0.39 is 15.9 Å². The van der Waals surface area contributed by atoms with E-state index in [1.807, 2.05) is 13.8 Å². The average molecular weight is 417 g/mol. The predicted molar refractivity (Wildman–Crippen MR) is 112 cm³/mol. The van der Waals surface area contributed by atoms with E-state index >= 15 is 0 Å². The number of aryl methyl sites for hydroxylation is 2. The molecule has 0 atom stereocenters. The van der Waals surface area contributed by atoms with Crippen LogP contribution in [-0.2, 0) is 28.9 Å². The molecule has 1 heterocycles. The van der Waals surface area contributed by atoms with Crippen LogP contribution >= 0.6 is 0 Å². The number of nitrogens with one attached hydrogen (secondary N) is 1. The van der Waals surface area contributed by atoms with Crippen LogP contribution in [0.25, 0.3) is 11.0 Å². The van der Waals surface area contributed by atoms with E-state index in [4.69, 9.17) is 0 Å². The third-order valence-corrected chi connectivity index (χ3v) is 6.38. The number of rotatable bonds is 6. The lowest BCUT2D eigenvalue weighted by Gasteiger charge is -2.24. The van der Waals surface area contributed by atoms with Crippen LogP contribution in [0.3, 0.4) is 0 Å². The van der Waals surface area contributed by atoms with Crippen molar-refractivity contribution in [1.29, 1.82) is 0 Å². The van der Waals surface area contributed by atoms with Gasteiger partial charge in [0.2, 0.25) is 5.91 Å². The normalized spacial score (nSPS) is 11.8. The largest absolute Gasteiger partial charge is 0.352 e. The fraction of sp³-hybridized carbons (Fsp3) is 0.300. The third-order valence-electron chi connectivity index (χ3n) is 4.61. The number of aromatic nitrogens is 2. The summed E-state index contributed by atoms with van der Waals surface area (Å²) in [4.78, 5) is 24.5. The Hall–Kier alpha value is -3.07. The molecule has 1 N–H and O–H groups in total. The Labute approximate surface area is 169 Å². The van der Waals surface area contributed by atoms with Crippen molar-refractivity contribution in [3.05, 3.63) is 59.0 Å². The Morgan fingerprint density at radius 1 is 1.03 bits per heavy atom. The van der Waals surface area contributed by atoms with Gasteiger partial charge in [-0.15, -0.1) is 0 Å². The van der Waals surface area contributed by atoms with E-state index in [-0.39, 0.29) is 23.2 Å². The molecule has 154 valence electrons. The fourth-order valence-corrected chi connectivity index (χ4v) is 4.62. The maximum atomic E-state index is 13.5. The van der Waals surface area contributed by atoms with Gasteiger partial charge in [0.1, 0.15) is 6.54 Å². The van der Waals surface area contributed by atoms with Crippen molar-refractivity contribution in [1.82, 2.24) is 14.5 Å². The number of benzene rings is 2. The molecular formula is C20H24N4O4S. The summed E-state index contributed by atoms with van der Waals surface area (Å²) in [7, 11) is -0.829. The summed E-state index contributed by atoms with van der Waals surface area (Å²) in [5, 5.41) is 2.72. The number of nitrogens with zero attached hydrogens (tertiary/aromatic N) is 3. The summed E-state index contributed by atoms with van der Waals surface area (Å²) in [6.45, 7) is 3.27. The molecule has 0 fully saturated rings. The second-order valence-electron chi connectivity index (χ2n) is 7.12. The predicted octanol–water partition coefficient (Wildman–Crippen LogP) is 1.60. The number of anilines is 1. The first kappa shape index (κ1) is 20.7. The molecule has 3 aromatic rings. The van der Waals surface area contributed by atoms with Gasteiger partial charge in [-0.05, 0) is 44.2 Å². The Bertz CT molecular complexity index is 1210. The van der Waals surface area contributed by atoms with Gasteiger partial charge >= 0.3 is 5.69 Å². The lowest BCUT2D eigenvalue weighted by Crippen LogP contribution is -2.42. The van der Waals surface area contributed by atoms with Crippen LogP contribution in [0.4, 0.5) is 5.69 Å². The zero-order valence-electron chi connectivity index (χ0n) is 16.8. The highest BCUT2D eigenvalue weighted by atomic mass is 32.2. The number of para-hydroxylation sites is 1. The molecule has 0 unspecified atom stereocenters. The molecular weight excluding hydrogens is 392 g/mol. The summed E-state index contributed by atoms with van der Waals surface area (Å²) in [6, 6.07) is 12.9. The van der Waals surface area contributed by atoms with Gasteiger partial charge in [0.25, 0.3) is 10.0 Å². The van der Waals surface area contributed by atoms with Crippen LogP contribution in [0, 0.1) is 0 Å². The summed E-state index contributed by atoms with van der Waals surface area (Å²) in [5.41, 5.74) is 1.26. The molecule has 0 saturated carbocycles. The molecule has 1 aromatic heterocycles. The summed E-state index contributed by atoms with van der Waals surface area (Å²) >= 11 is 0. The van der Waals surface area contributed by atoms with Gasteiger partial charge in [0.05, 0.1) is 21.6 Å². The average Bonchev–Trinajstić information content (AvgIpc) is 2.90. The summed E-state index contributed by atoms with van der Waals surface area (Å²) in [5.74, 6) is -0.402. The number of amides is 1. The van der Waals surface area contributed by atoms with Crippen molar-refractivity contribution in [2.24, 2.45) is 14.1 Å². The first-order valence-corrected chi connectivity index (χ1v) is 10.6. The number of hydrogen-bond donors (Lipinski definition) is 1. The first-order chi connectivity index (χ1) is 13.6. The summed E-state index contributed by atoms with van der Waals surface area (Å²) < 4.78 is 30.8.